The Balaban J connectivity index is 0. The quantitative estimate of drug-likeness (QED) is 0.461. The molecule has 0 fully saturated rings. The third-order valence-corrected chi connectivity index (χ3v) is 3.19. The third-order valence-electron chi connectivity index (χ3n) is 3.19. The molecule has 0 aliphatic heterocycles. The second-order valence-corrected chi connectivity index (χ2v) is 6.45. The summed E-state index contributed by atoms with van der Waals surface area (Å²) >= 11 is 0. The van der Waals surface area contributed by atoms with Gasteiger partial charge in [-0.05, 0) is 39.7 Å². The first-order chi connectivity index (χ1) is 10.2. The number of nitrogens with one attached hydrogen (secondary N) is 2. The van der Waals surface area contributed by atoms with Crippen LogP contribution < -0.4 is 10.6 Å². The van der Waals surface area contributed by atoms with Crippen molar-refractivity contribution in [3.05, 3.63) is 6.92 Å². The first-order valence-electron chi connectivity index (χ1n) is 7.78. The van der Waals surface area contributed by atoms with Crippen LogP contribution >= 0.6 is 0 Å². The summed E-state index contributed by atoms with van der Waals surface area (Å²) in [4.78, 5) is 11.6. The molecule has 133 valence electrons. The van der Waals surface area contributed by atoms with E-state index in [0.717, 1.165) is 19.4 Å². The summed E-state index contributed by atoms with van der Waals surface area (Å²) in [6, 6.07) is 1.49. The molecule has 0 rings (SSSR count). The Bertz CT molecular complexity index is 367. The van der Waals surface area contributed by atoms with Crippen molar-refractivity contribution in [2.45, 2.75) is 64.7 Å². The summed E-state index contributed by atoms with van der Waals surface area (Å²) in [5, 5.41) is 24.2. The van der Waals surface area contributed by atoms with Crippen molar-refractivity contribution in [3.8, 4) is 6.07 Å². The van der Waals surface area contributed by atoms with Gasteiger partial charge in [0.25, 0.3) is 0 Å². The zero-order valence-corrected chi connectivity index (χ0v) is 17.5. The van der Waals surface area contributed by atoms with E-state index in [9.17, 15) is 9.90 Å². The Morgan fingerprint density at radius 2 is 2.00 bits per heavy atom. The van der Waals surface area contributed by atoms with Crippen LogP contribution in [0.3, 0.4) is 0 Å². The summed E-state index contributed by atoms with van der Waals surface area (Å²) in [6.45, 7) is 12.2. The van der Waals surface area contributed by atoms with Gasteiger partial charge in [-0.25, -0.2) is 4.79 Å². The molecular weight excluding hydrogens is 427 g/mol. The molecule has 0 saturated carbocycles. The number of ether oxygens (including phenoxy) is 1. The van der Waals surface area contributed by atoms with E-state index in [1.807, 2.05) is 0 Å². The van der Waals surface area contributed by atoms with E-state index in [4.69, 9.17) is 10.00 Å². The molecule has 0 bridgehead atoms. The van der Waals surface area contributed by atoms with Crippen LogP contribution in [0, 0.1) is 64.6 Å². The topological polar surface area (TPSA) is 94.4 Å². The maximum Gasteiger partial charge on any atom is 0.405 e. The molecule has 3 atom stereocenters. The van der Waals surface area contributed by atoms with Crippen molar-refractivity contribution in [3.63, 3.8) is 0 Å². The first kappa shape index (κ1) is 25.3. The molecule has 6 nitrogen and oxygen atoms in total. The minimum absolute atomic E-state index is 0. The molecule has 7 heteroatoms. The summed E-state index contributed by atoms with van der Waals surface area (Å²) in [6.07, 6.45) is 0.975. The van der Waals surface area contributed by atoms with E-state index in [1.165, 1.54) is 0 Å². The molecule has 0 aromatic carbocycles. The van der Waals surface area contributed by atoms with Crippen LogP contribution in [-0.4, -0.2) is 42.0 Å². The van der Waals surface area contributed by atoms with Crippen LogP contribution in [0.15, 0.2) is 0 Å². The van der Waals surface area contributed by atoms with Crippen LogP contribution in [0.4, 0.5) is 4.79 Å². The van der Waals surface area contributed by atoms with Gasteiger partial charge in [-0.2, -0.15) is 5.26 Å². The standard InChI is InChI=1S/C16H30N3O3.Pm/c1-6-13(8-7-9-17)10-18-11-14(20)12(2)19-15(21)22-16(3,4)5;/h12-14,18,20H,2,6-8,10-11H2,1,3-5H3,(H,19,21);/q-1;/t12-,13?,14+;/m0./s1. The Kier molecular flexibility index (Phi) is 14.6. The number of aliphatic hydroxyl groups excluding tert-OH is 1. The molecular formula is C16H30N3O3Pm-. The molecule has 23 heavy (non-hydrogen) atoms. The van der Waals surface area contributed by atoms with Gasteiger partial charge in [-0.3, -0.25) is 0 Å². The van der Waals surface area contributed by atoms with Crippen molar-refractivity contribution in [1.29, 1.82) is 5.26 Å². The summed E-state index contributed by atoms with van der Waals surface area (Å²) in [5.74, 6) is 0.411. The van der Waals surface area contributed by atoms with Crippen molar-refractivity contribution in [2.24, 2.45) is 5.92 Å². The molecule has 0 aliphatic rings. The third kappa shape index (κ3) is 14.1. The van der Waals surface area contributed by atoms with E-state index < -0.39 is 23.8 Å². The van der Waals surface area contributed by atoms with Crippen molar-refractivity contribution in [2.75, 3.05) is 13.1 Å². The molecule has 1 radical (unpaired) electrons. The SMILES string of the molecule is [CH2-][C@H](NC(=O)OC(C)(C)C)[C@H](O)CNCC(CC)CCC#N.[Pm]. The smallest absolute Gasteiger partial charge is 0.405 e. The van der Waals surface area contributed by atoms with E-state index >= 15 is 0 Å². The molecule has 0 spiro atoms. The van der Waals surface area contributed by atoms with Gasteiger partial charge in [0.2, 0.25) is 0 Å². The zero-order chi connectivity index (χ0) is 17.2. The number of carbonyl (C=O) groups is 1. The number of alkyl carbamates (subject to hydrolysis) is 1. The zero-order valence-electron chi connectivity index (χ0n) is 14.6. The molecule has 1 unspecified atom stereocenters. The Morgan fingerprint density at radius 1 is 1.39 bits per heavy atom. The van der Waals surface area contributed by atoms with Crippen molar-refractivity contribution in [1.82, 2.24) is 10.6 Å². The number of rotatable bonds is 9. The number of amides is 1. The maximum atomic E-state index is 11.6. The predicted octanol–water partition coefficient (Wildman–Crippen LogP) is 1.99. The molecule has 0 aliphatic carbocycles. The Hall–Kier alpha value is 0.0177. The molecule has 3 N–H and O–H groups in total. The summed E-state index contributed by atoms with van der Waals surface area (Å²) < 4.78 is 5.11. The second kappa shape index (κ2) is 13.3. The van der Waals surface area contributed by atoms with Gasteiger partial charge < -0.3 is 27.4 Å². The molecule has 0 aromatic rings. The molecule has 0 saturated heterocycles. The van der Waals surface area contributed by atoms with Gasteiger partial charge in [0.05, 0.1) is 12.2 Å². The Morgan fingerprint density at radius 3 is 2.48 bits per heavy atom. The fourth-order valence-electron chi connectivity index (χ4n) is 1.85. The van der Waals surface area contributed by atoms with Crippen LogP contribution in [-0.2, 0) is 4.74 Å². The Labute approximate surface area is 172 Å². The average molecular weight is 457 g/mol. The molecule has 0 aromatic heterocycles. The predicted molar refractivity (Wildman–Crippen MR) is 86.0 cm³/mol. The normalized spacial score (nSPS) is 14.8. The largest absolute Gasteiger partial charge is 0.444 e. The molecule has 0 heterocycles. The number of carbonyl (C=O) groups excluding carboxylic acids is 1. The van der Waals surface area contributed by atoms with Crippen LogP contribution in [0.5, 0.6) is 0 Å². The van der Waals surface area contributed by atoms with Gasteiger partial charge in [0, 0.05) is 53.4 Å². The number of nitriles is 1. The number of hydrogen-bond donors (Lipinski definition) is 3. The second-order valence-electron chi connectivity index (χ2n) is 6.45. The van der Waals surface area contributed by atoms with Crippen molar-refractivity contribution < 1.29 is 55.0 Å². The minimum atomic E-state index is -0.805. The summed E-state index contributed by atoms with van der Waals surface area (Å²) in [5.41, 5.74) is -0.581. The number of aliphatic hydroxyl groups is 1. The van der Waals surface area contributed by atoms with E-state index in [-0.39, 0.29) is 40.4 Å². The number of hydrogen-bond acceptors (Lipinski definition) is 5. The fourth-order valence-corrected chi connectivity index (χ4v) is 1.85. The van der Waals surface area contributed by atoms with Gasteiger partial charge in [0.1, 0.15) is 5.60 Å². The fraction of sp³-hybridized carbons (Fsp3) is 0.812. The van der Waals surface area contributed by atoms with Crippen LogP contribution in [0.1, 0.15) is 47.0 Å². The van der Waals surface area contributed by atoms with E-state index in [1.54, 1.807) is 20.8 Å². The monoisotopic (exact) mass is 457 g/mol. The van der Waals surface area contributed by atoms with Crippen molar-refractivity contribution >= 4 is 6.09 Å². The van der Waals surface area contributed by atoms with Crippen LogP contribution in [0.25, 0.3) is 0 Å². The average Bonchev–Trinajstić information content (AvgIpc) is 2.39. The summed E-state index contributed by atoms with van der Waals surface area (Å²) in [7, 11) is 0. The van der Waals surface area contributed by atoms with Gasteiger partial charge >= 0.3 is 6.09 Å². The van der Waals surface area contributed by atoms with Crippen LogP contribution in [0.2, 0.25) is 0 Å². The number of nitrogens with zero attached hydrogens (tertiary/aromatic N) is 1. The van der Waals surface area contributed by atoms with Gasteiger partial charge in [-0.1, -0.05) is 19.4 Å². The van der Waals surface area contributed by atoms with E-state index in [0.29, 0.717) is 18.9 Å². The van der Waals surface area contributed by atoms with Gasteiger partial charge in [-0.15, -0.1) is 0 Å². The maximum absolute atomic E-state index is 11.6. The minimum Gasteiger partial charge on any atom is -0.444 e. The van der Waals surface area contributed by atoms with E-state index in [2.05, 4.69) is 30.6 Å². The van der Waals surface area contributed by atoms with Gasteiger partial charge in [0.15, 0.2) is 0 Å². The molecule has 1 amide bonds. The first-order valence-corrected chi connectivity index (χ1v) is 7.78.